The first-order valence-electron chi connectivity index (χ1n) is 10.7. The largest absolute Gasteiger partial charge is 0.478 e. The molecule has 2 heterocycles. The van der Waals surface area contributed by atoms with E-state index in [0.29, 0.717) is 18.0 Å². The van der Waals surface area contributed by atoms with Gasteiger partial charge in [0.1, 0.15) is 5.82 Å². The zero-order valence-corrected chi connectivity index (χ0v) is 18.0. The lowest BCUT2D eigenvalue weighted by Gasteiger charge is -2.08. The Bertz CT molecular complexity index is 977. The van der Waals surface area contributed by atoms with Gasteiger partial charge in [0.2, 0.25) is 0 Å². The summed E-state index contributed by atoms with van der Waals surface area (Å²) in [4.78, 5) is 20.8. The first-order chi connectivity index (χ1) is 14.5. The molecule has 3 rings (SSSR count). The Morgan fingerprint density at radius 3 is 2.60 bits per heavy atom. The fourth-order valence-electron chi connectivity index (χ4n) is 3.47. The number of nitrogens with zero attached hydrogens (tertiary/aromatic N) is 4. The van der Waals surface area contributed by atoms with E-state index in [9.17, 15) is 9.90 Å². The van der Waals surface area contributed by atoms with Crippen molar-refractivity contribution >= 4 is 5.97 Å². The highest BCUT2D eigenvalue weighted by Crippen LogP contribution is 2.23. The van der Waals surface area contributed by atoms with E-state index in [1.54, 1.807) is 18.3 Å². The van der Waals surface area contributed by atoms with Crippen LogP contribution in [0.4, 0.5) is 0 Å². The van der Waals surface area contributed by atoms with Crippen molar-refractivity contribution in [3.63, 3.8) is 0 Å². The van der Waals surface area contributed by atoms with Gasteiger partial charge in [0, 0.05) is 24.6 Å². The maximum atomic E-state index is 11.5. The van der Waals surface area contributed by atoms with Gasteiger partial charge in [0.05, 0.1) is 17.8 Å². The van der Waals surface area contributed by atoms with Crippen molar-refractivity contribution in [3.8, 4) is 11.1 Å². The van der Waals surface area contributed by atoms with Gasteiger partial charge in [0.15, 0.2) is 5.82 Å². The summed E-state index contributed by atoms with van der Waals surface area (Å²) in [6.45, 7) is 7.11. The predicted octanol–water partition coefficient (Wildman–Crippen LogP) is 5.02. The van der Waals surface area contributed by atoms with Gasteiger partial charge in [-0.25, -0.2) is 14.5 Å². The Labute approximate surface area is 178 Å². The fourth-order valence-corrected chi connectivity index (χ4v) is 3.47. The molecular weight excluding hydrogens is 376 g/mol. The molecule has 1 aromatic carbocycles. The van der Waals surface area contributed by atoms with Crippen LogP contribution in [0, 0.1) is 5.92 Å². The molecule has 30 heavy (non-hydrogen) atoms. The molecule has 3 aromatic rings. The van der Waals surface area contributed by atoms with Crippen molar-refractivity contribution in [2.24, 2.45) is 5.92 Å². The van der Waals surface area contributed by atoms with E-state index in [0.717, 1.165) is 42.2 Å². The summed E-state index contributed by atoms with van der Waals surface area (Å²) in [5.41, 5.74) is 2.62. The van der Waals surface area contributed by atoms with Gasteiger partial charge in [-0.1, -0.05) is 57.9 Å². The van der Waals surface area contributed by atoms with Gasteiger partial charge in [0.25, 0.3) is 0 Å². The normalized spacial score (nSPS) is 11.2. The Hall–Kier alpha value is -3.02. The van der Waals surface area contributed by atoms with Crippen molar-refractivity contribution in [2.45, 2.75) is 59.4 Å². The number of aromatic nitrogens is 4. The third kappa shape index (κ3) is 5.53. The van der Waals surface area contributed by atoms with Crippen LogP contribution in [-0.4, -0.2) is 30.8 Å². The van der Waals surface area contributed by atoms with Crippen molar-refractivity contribution in [1.29, 1.82) is 0 Å². The summed E-state index contributed by atoms with van der Waals surface area (Å²) in [5.74, 6) is 1.48. The van der Waals surface area contributed by atoms with E-state index in [1.807, 2.05) is 28.9 Å². The second-order valence-electron chi connectivity index (χ2n) is 8.05. The first-order valence-corrected chi connectivity index (χ1v) is 10.7. The van der Waals surface area contributed by atoms with Crippen LogP contribution in [0.3, 0.4) is 0 Å². The fraction of sp³-hybridized carbons (Fsp3) is 0.417. The number of pyridine rings is 1. The van der Waals surface area contributed by atoms with Crippen LogP contribution in [-0.2, 0) is 19.4 Å². The maximum Gasteiger partial charge on any atom is 0.336 e. The maximum absolute atomic E-state index is 11.5. The molecule has 0 saturated carbocycles. The number of carbonyl (C=O) groups is 1. The number of carboxylic acid groups (broad SMARTS) is 1. The Balaban J connectivity index is 1.81. The number of rotatable bonds is 10. The molecule has 1 N–H and O–H groups in total. The smallest absolute Gasteiger partial charge is 0.336 e. The van der Waals surface area contributed by atoms with Gasteiger partial charge in [-0.2, -0.15) is 5.10 Å². The standard InChI is InChI=1S/C24H30N4O2/c1-4-5-6-11-23-26-22(14-17(2)3)27-28(23)16-19-13-12-18(15-25-19)20-9-7-8-10-21(20)24(29)30/h7-10,12-13,15,17H,4-6,11,14,16H2,1-3H3,(H,29,30). The highest BCUT2D eigenvalue weighted by Gasteiger charge is 2.14. The molecule has 2 aromatic heterocycles. The van der Waals surface area contributed by atoms with Gasteiger partial charge >= 0.3 is 5.97 Å². The monoisotopic (exact) mass is 406 g/mol. The van der Waals surface area contributed by atoms with Gasteiger partial charge in [-0.05, 0) is 30.0 Å². The summed E-state index contributed by atoms with van der Waals surface area (Å²) in [7, 11) is 0. The predicted molar refractivity (Wildman–Crippen MR) is 118 cm³/mol. The molecule has 0 bridgehead atoms. The second kappa shape index (κ2) is 10.1. The van der Waals surface area contributed by atoms with Crippen LogP contribution in [0.2, 0.25) is 0 Å². The molecule has 0 aliphatic carbocycles. The molecule has 0 spiro atoms. The molecule has 0 aliphatic heterocycles. The zero-order valence-electron chi connectivity index (χ0n) is 18.0. The SMILES string of the molecule is CCCCCc1nc(CC(C)C)nn1Cc1ccc(-c2ccccc2C(=O)O)cn1. The van der Waals surface area contributed by atoms with E-state index < -0.39 is 5.97 Å². The van der Waals surface area contributed by atoms with Crippen molar-refractivity contribution < 1.29 is 9.90 Å². The quantitative estimate of drug-likeness (QED) is 0.478. The van der Waals surface area contributed by atoms with E-state index in [2.05, 4.69) is 25.8 Å². The Morgan fingerprint density at radius 1 is 1.13 bits per heavy atom. The molecule has 0 fully saturated rings. The second-order valence-corrected chi connectivity index (χ2v) is 8.05. The van der Waals surface area contributed by atoms with Crippen molar-refractivity contribution in [2.75, 3.05) is 0 Å². The number of aryl methyl sites for hydroxylation is 1. The van der Waals surface area contributed by atoms with Crippen LogP contribution >= 0.6 is 0 Å². The number of unbranched alkanes of at least 4 members (excludes halogenated alkanes) is 2. The van der Waals surface area contributed by atoms with Crippen LogP contribution in [0.15, 0.2) is 42.6 Å². The van der Waals surface area contributed by atoms with Crippen LogP contribution < -0.4 is 0 Å². The Morgan fingerprint density at radius 2 is 1.93 bits per heavy atom. The topological polar surface area (TPSA) is 80.9 Å². The number of benzene rings is 1. The molecule has 0 saturated heterocycles. The van der Waals surface area contributed by atoms with Crippen molar-refractivity contribution in [1.82, 2.24) is 19.7 Å². The number of hydrogen-bond acceptors (Lipinski definition) is 4. The third-order valence-corrected chi connectivity index (χ3v) is 4.99. The third-order valence-electron chi connectivity index (χ3n) is 4.99. The minimum atomic E-state index is -0.938. The first kappa shape index (κ1) is 21.7. The lowest BCUT2D eigenvalue weighted by molar-refractivity contribution is 0.0697. The number of hydrogen-bond donors (Lipinski definition) is 1. The lowest BCUT2D eigenvalue weighted by atomic mass is 10.0. The summed E-state index contributed by atoms with van der Waals surface area (Å²) in [6.07, 6.45) is 6.99. The summed E-state index contributed by atoms with van der Waals surface area (Å²) in [6, 6.07) is 10.8. The molecule has 0 atom stereocenters. The molecule has 158 valence electrons. The average Bonchev–Trinajstić information content (AvgIpc) is 3.09. The molecule has 0 unspecified atom stereocenters. The van der Waals surface area contributed by atoms with Gasteiger partial charge < -0.3 is 5.11 Å². The molecular formula is C24H30N4O2. The number of carboxylic acids is 1. The van der Waals surface area contributed by atoms with E-state index >= 15 is 0 Å². The number of aromatic carboxylic acids is 1. The summed E-state index contributed by atoms with van der Waals surface area (Å²) in [5, 5.41) is 14.2. The average molecular weight is 407 g/mol. The van der Waals surface area contributed by atoms with Crippen molar-refractivity contribution in [3.05, 3.63) is 65.5 Å². The highest BCUT2D eigenvalue weighted by molar-refractivity contribution is 5.95. The van der Waals surface area contributed by atoms with Crippen LogP contribution in [0.1, 0.15) is 67.7 Å². The van der Waals surface area contributed by atoms with E-state index in [-0.39, 0.29) is 5.56 Å². The Kier molecular flexibility index (Phi) is 7.33. The molecule has 0 amide bonds. The van der Waals surface area contributed by atoms with Crippen LogP contribution in [0.5, 0.6) is 0 Å². The molecule has 0 aliphatic rings. The summed E-state index contributed by atoms with van der Waals surface area (Å²) < 4.78 is 1.97. The van der Waals surface area contributed by atoms with Crippen LogP contribution in [0.25, 0.3) is 11.1 Å². The van der Waals surface area contributed by atoms with Gasteiger partial charge in [-0.3, -0.25) is 4.98 Å². The zero-order chi connectivity index (χ0) is 21.5. The summed E-state index contributed by atoms with van der Waals surface area (Å²) >= 11 is 0. The van der Waals surface area contributed by atoms with E-state index in [1.165, 1.54) is 12.8 Å². The minimum absolute atomic E-state index is 0.278. The molecule has 6 nitrogen and oxygen atoms in total. The van der Waals surface area contributed by atoms with E-state index in [4.69, 9.17) is 10.1 Å². The van der Waals surface area contributed by atoms with Gasteiger partial charge in [-0.15, -0.1) is 0 Å². The molecule has 0 radical (unpaired) electrons. The minimum Gasteiger partial charge on any atom is -0.478 e. The molecule has 6 heteroatoms. The lowest BCUT2D eigenvalue weighted by Crippen LogP contribution is -2.09. The highest BCUT2D eigenvalue weighted by atomic mass is 16.4.